The zero-order chi connectivity index (χ0) is 13.2. The fourth-order valence-electron chi connectivity index (χ4n) is 2.29. The number of rotatable bonds is 3. The minimum absolute atomic E-state index is 0.314. The van der Waals surface area contributed by atoms with Crippen molar-refractivity contribution < 1.29 is 4.74 Å². The number of para-hydroxylation sites is 1. The molecule has 2 aromatic rings. The molecular formula is C14H15BrN2OS. The summed E-state index contributed by atoms with van der Waals surface area (Å²) >= 11 is 5.35. The van der Waals surface area contributed by atoms with E-state index in [1.54, 1.807) is 11.3 Å². The predicted molar refractivity (Wildman–Crippen MR) is 80.3 cm³/mol. The van der Waals surface area contributed by atoms with Crippen LogP contribution in [0, 0.1) is 0 Å². The molecular weight excluding hydrogens is 324 g/mol. The van der Waals surface area contributed by atoms with Gasteiger partial charge in [0.15, 0.2) is 0 Å². The highest BCUT2D eigenvalue weighted by Crippen LogP contribution is 2.40. The van der Waals surface area contributed by atoms with E-state index in [-0.39, 0.29) is 0 Å². The molecule has 0 amide bonds. The Morgan fingerprint density at radius 2 is 2.26 bits per heavy atom. The Bertz CT molecular complexity index is 572. The number of hydrogen-bond acceptors (Lipinski definition) is 4. The molecule has 3 rings (SSSR count). The van der Waals surface area contributed by atoms with Crippen molar-refractivity contribution in [3.8, 4) is 5.75 Å². The molecule has 0 saturated carbocycles. The first-order chi connectivity index (χ1) is 9.29. The van der Waals surface area contributed by atoms with Gasteiger partial charge in [-0.2, -0.15) is 0 Å². The van der Waals surface area contributed by atoms with Gasteiger partial charge in [0, 0.05) is 11.5 Å². The first kappa shape index (κ1) is 13.1. The summed E-state index contributed by atoms with van der Waals surface area (Å²) in [6.07, 6.45) is 2.00. The maximum atomic E-state index is 5.70. The smallest absolute Gasteiger partial charge is 0.131 e. The number of halogens is 1. The molecule has 0 N–H and O–H groups in total. The molecule has 1 aromatic carbocycles. The molecule has 0 aliphatic carbocycles. The summed E-state index contributed by atoms with van der Waals surface area (Å²) < 4.78 is 5.70. The van der Waals surface area contributed by atoms with Gasteiger partial charge in [-0.3, -0.25) is 0 Å². The van der Waals surface area contributed by atoms with Crippen LogP contribution >= 0.6 is 27.3 Å². The van der Waals surface area contributed by atoms with Crippen LogP contribution in [-0.2, 0) is 0 Å². The van der Waals surface area contributed by atoms with E-state index in [1.807, 2.05) is 12.1 Å². The van der Waals surface area contributed by atoms with Gasteiger partial charge in [0.25, 0.3) is 0 Å². The largest absolute Gasteiger partial charge is 0.493 e. The maximum absolute atomic E-state index is 5.70. The van der Waals surface area contributed by atoms with E-state index in [2.05, 4.69) is 45.2 Å². The summed E-state index contributed by atoms with van der Waals surface area (Å²) in [5, 5.41) is 10.9. The average molecular weight is 339 g/mol. The van der Waals surface area contributed by atoms with E-state index in [9.17, 15) is 0 Å². The number of fused-ring (bicyclic) bond motifs is 1. The lowest BCUT2D eigenvalue weighted by molar-refractivity contribution is 0.276. The van der Waals surface area contributed by atoms with E-state index in [4.69, 9.17) is 4.74 Å². The molecule has 3 nitrogen and oxygen atoms in total. The highest BCUT2D eigenvalue weighted by atomic mass is 79.9. The van der Waals surface area contributed by atoms with Crippen LogP contribution in [-0.4, -0.2) is 16.8 Å². The highest BCUT2D eigenvalue weighted by Gasteiger charge is 2.26. The second-order valence-corrected chi connectivity index (χ2v) is 6.73. The van der Waals surface area contributed by atoms with Gasteiger partial charge in [-0.15, -0.1) is 10.2 Å². The Balaban J connectivity index is 1.93. The van der Waals surface area contributed by atoms with Crippen LogP contribution in [0.4, 0.5) is 0 Å². The van der Waals surface area contributed by atoms with Gasteiger partial charge in [-0.25, -0.2) is 0 Å². The lowest BCUT2D eigenvalue weighted by atomic mass is 9.94. The van der Waals surface area contributed by atoms with Gasteiger partial charge in [0.2, 0.25) is 0 Å². The fraction of sp³-hybridized carbons (Fsp3) is 0.429. The number of benzene rings is 1. The molecule has 100 valence electrons. The molecule has 2 unspecified atom stereocenters. The quantitative estimate of drug-likeness (QED) is 0.782. The van der Waals surface area contributed by atoms with Crippen LogP contribution in [0.25, 0.3) is 0 Å². The van der Waals surface area contributed by atoms with E-state index in [0.717, 1.165) is 35.2 Å². The van der Waals surface area contributed by atoms with Gasteiger partial charge < -0.3 is 4.74 Å². The Labute approximate surface area is 125 Å². The van der Waals surface area contributed by atoms with Crippen molar-refractivity contribution in [3.05, 3.63) is 39.8 Å². The molecule has 1 aromatic heterocycles. The predicted octanol–water partition coefficient (Wildman–Crippen LogP) is 4.30. The number of ether oxygens (including phenoxy) is 1. The van der Waals surface area contributed by atoms with Gasteiger partial charge in [-0.05, 0) is 18.9 Å². The Morgan fingerprint density at radius 1 is 1.42 bits per heavy atom. The molecule has 0 spiro atoms. The van der Waals surface area contributed by atoms with Gasteiger partial charge in [0.1, 0.15) is 15.8 Å². The van der Waals surface area contributed by atoms with Crippen LogP contribution in [0.15, 0.2) is 24.3 Å². The van der Waals surface area contributed by atoms with Crippen LogP contribution < -0.4 is 4.74 Å². The van der Waals surface area contributed by atoms with Crippen molar-refractivity contribution in [2.45, 2.75) is 30.5 Å². The van der Waals surface area contributed by atoms with Crippen LogP contribution in [0.1, 0.15) is 46.1 Å². The molecule has 0 saturated heterocycles. The molecule has 5 heteroatoms. The molecule has 0 radical (unpaired) electrons. The zero-order valence-corrected chi connectivity index (χ0v) is 13.1. The van der Waals surface area contributed by atoms with Crippen molar-refractivity contribution in [1.82, 2.24) is 10.2 Å². The summed E-state index contributed by atoms with van der Waals surface area (Å²) in [4.78, 5) is 0.314. The number of nitrogens with zero attached hydrogens (tertiary/aromatic N) is 2. The summed E-state index contributed by atoms with van der Waals surface area (Å²) in [5.74, 6) is 1.31. The first-order valence-electron chi connectivity index (χ1n) is 6.48. The minimum atomic E-state index is 0.314. The molecule has 2 atom stereocenters. The SMILES string of the molecule is CCC(Br)c1nnc(C2CCOc3ccccc32)s1. The zero-order valence-electron chi connectivity index (χ0n) is 10.7. The standard InChI is InChI=1S/C14H15BrN2OS/c1-2-11(15)14-17-16-13(19-14)10-7-8-18-12-6-4-3-5-9(10)12/h3-6,10-11H,2,7-8H2,1H3. The topological polar surface area (TPSA) is 35.0 Å². The van der Waals surface area contributed by atoms with Crippen LogP contribution in [0.3, 0.4) is 0 Å². The van der Waals surface area contributed by atoms with E-state index < -0.39 is 0 Å². The van der Waals surface area contributed by atoms with Crippen LogP contribution in [0.5, 0.6) is 5.75 Å². The summed E-state index contributed by atoms with van der Waals surface area (Å²) in [5.41, 5.74) is 1.24. The lowest BCUT2D eigenvalue weighted by Crippen LogP contribution is -2.14. The molecule has 1 aliphatic rings. The number of alkyl halides is 1. The average Bonchev–Trinajstić information content (AvgIpc) is 2.95. The highest BCUT2D eigenvalue weighted by molar-refractivity contribution is 9.09. The third-order valence-corrected chi connectivity index (χ3v) is 5.87. The van der Waals surface area contributed by atoms with Crippen molar-refractivity contribution in [2.24, 2.45) is 0 Å². The van der Waals surface area contributed by atoms with Crippen molar-refractivity contribution in [3.63, 3.8) is 0 Å². The molecule has 2 heterocycles. The Morgan fingerprint density at radius 3 is 3.11 bits per heavy atom. The summed E-state index contributed by atoms with van der Waals surface area (Å²) in [6, 6.07) is 8.23. The third-order valence-electron chi connectivity index (χ3n) is 3.34. The third kappa shape index (κ3) is 2.54. The monoisotopic (exact) mass is 338 g/mol. The number of hydrogen-bond donors (Lipinski definition) is 0. The van der Waals surface area contributed by atoms with Gasteiger partial charge in [-0.1, -0.05) is 52.4 Å². The second kappa shape index (κ2) is 5.59. The second-order valence-electron chi connectivity index (χ2n) is 4.58. The Kier molecular flexibility index (Phi) is 3.84. The van der Waals surface area contributed by atoms with Crippen LogP contribution in [0.2, 0.25) is 0 Å². The normalized spacial score (nSPS) is 19.6. The summed E-state index contributed by atoms with van der Waals surface area (Å²) in [6.45, 7) is 2.90. The van der Waals surface area contributed by atoms with Gasteiger partial charge in [0.05, 0.1) is 11.4 Å². The van der Waals surface area contributed by atoms with Crippen molar-refractivity contribution in [2.75, 3.05) is 6.61 Å². The van der Waals surface area contributed by atoms with Crippen molar-refractivity contribution in [1.29, 1.82) is 0 Å². The molecule has 1 aliphatic heterocycles. The van der Waals surface area contributed by atoms with E-state index >= 15 is 0 Å². The summed E-state index contributed by atoms with van der Waals surface area (Å²) in [7, 11) is 0. The Hall–Kier alpha value is -0.940. The van der Waals surface area contributed by atoms with E-state index in [0.29, 0.717) is 10.7 Å². The molecule has 0 bridgehead atoms. The molecule has 0 fully saturated rings. The minimum Gasteiger partial charge on any atom is -0.493 e. The van der Waals surface area contributed by atoms with Gasteiger partial charge >= 0.3 is 0 Å². The fourth-order valence-corrected chi connectivity index (χ4v) is 3.72. The lowest BCUT2D eigenvalue weighted by Gasteiger charge is -2.23. The van der Waals surface area contributed by atoms with E-state index in [1.165, 1.54) is 5.56 Å². The first-order valence-corrected chi connectivity index (χ1v) is 8.22. The van der Waals surface area contributed by atoms with Crippen molar-refractivity contribution >= 4 is 27.3 Å². The molecule has 19 heavy (non-hydrogen) atoms. The maximum Gasteiger partial charge on any atom is 0.131 e. The number of aromatic nitrogens is 2.